The number of carbonyl (C=O) groups excluding carboxylic acids is 3. The van der Waals surface area contributed by atoms with E-state index in [1.54, 1.807) is 17.0 Å². The molecule has 3 heterocycles. The fourth-order valence-corrected chi connectivity index (χ4v) is 3.53. The van der Waals surface area contributed by atoms with E-state index in [0.717, 1.165) is 25.9 Å². The summed E-state index contributed by atoms with van der Waals surface area (Å²) >= 11 is 0. The Morgan fingerprint density at radius 2 is 1.63 bits per heavy atom. The smallest absolute Gasteiger partial charge is 0.286 e. The number of hydrogen-bond acceptors (Lipinski definition) is 5. The molecule has 3 rings (SSSR count). The Bertz CT molecular complexity index is 632. The zero-order valence-electron chi connectivity index (χ0n) is 15.7. The van der Waals surface area contributed by atoms with E-state index in [-0.39, 0.29) is 36.4 Å². The number of furan rings is 1. The summed E-state index contributed by atoms with van der Waals surface area (Å²) < 4.78 is 5.01. The Hall–Kier alpha value is -2.35. The molecule has 0 radical (unpaired) electrons. The van der Waals surface area contributed by atoms with Gasteiger partial charge < -0.3 is 19.5 Å². The monoisotopic (exact) mass is 376 g/mol. The maximum absolute atomic E-state index is 12.3. The lowest BCUT2D eigenvalue weighted by Gasteiger charge is -2.36. The predicted molar refractivity (Wildman–Crippen MR) is 99.1 cm³/mol. The first-order chi connectivity index (χ1) is 13.1. The van der Waals surface area contributed by atoms with Crippen LogP contribution in [0.3, 0.4) is 0 Å². The number of amides is 3. The second-order valence-electron chi connectivity index (χ2n) is 7.08. The van der Waals surface area contributed by atoms with Crippen molar-refractivity contribution in [2.45, 2.75) is 25.7 Å². The number of nitrogens with one attached hydrogen (secondary N) is 1. The van der Waals surface area contributed by atoms with Crippen LogP contribution in [0.2, 0.25) is 0 Å². The van der Waals surface area contributed by atoms with Crippen molar-refractivity contribution in [1.29, 1.82) is 0 Å². The maximum atomic E-state index is 12.3. The summed E-state index contributed by atoms with van der Waals surface area (Å²) in [6.45, 7) is 5.15. The SMILES string of the molecule is O=C(NCCC(=O)N1CCN(CC(=O)N2CCCCC2)CC1)c1ccco1. The molecule has 0 atom stereocenters. The third-order valence-corrected chi connectivity index (χ3v) is 5.16. The van der Waals surface area contributed by atoms with Crippen LogP contribution in [0.15, 0.2) is 22.8 Å². The van der Waals surface area contributed by atoms with Gasteiger partial charge in [0.1, 0.15) is 0 Å². The van der Waals surface area contributed by atoms with E-state index >= 15 is 0 Å². The van der Waals surface area contributed by atoms with E-state index < -0.39 is 0 Å². The second-order valence-corrected chi connectivity index (χ2v) is 7.08. The first-order valence-corrected chi connectivity index (χ1v) is 9.73. The molecule has 8 heteroatoms. The molecular formula is C19H28N4O4. The third-order valence-electron chi connectivity index (χ3n) is 5.16. The van der Waals surface area contributed by atoms with Crippen molar-refractivity contribution in [3.05, 3.63) is 24.2 Å². The normalized spacial score (nSPS) is 18.4. The Morgan fingerprint density at radius 1 is 0.926 bits per heavy atom. The Morgan fingerprint density at radius 3 is 2.30 bits per heavy atom. The number of carbonyl (C=O) groups is 3. The molecule has 2 aliphatic rings. The summed E-state index contributed by atoms with van der Waals surface area (Å²) in [5, 5.41) is 2.69. The molecule has 0 saturated carbocycles. The van der Waals surface area contributed by atoms with Crippen LogP contribution >= 0.6 is 0 Å². The van der Waals surface area contributed by atoms with Gasteiger partial charge in [0.25, 0.3) is 5.91 Å². The van der Waals surface area contributed by atoms with Gasteiger partial charge in [0.2, 0.25) is 11.8 Å². The van der Waals surface area contributed by atoms with Crippen molar-refractivity contribution in [3.8, 4) is 0 Å². The molecule has 0 aromatic carbocycles. The van der Waals surface area contributed by atoms with Crippen molar-refractivity contribution in [2.75, 3.05) is 52.4 Å². The summed E-state index contributed by atoms with van der Waals surface area (Å²) in [4.78, 5) is 42.3. The number of piperazine rings is 1. The summed E-state index contributed by atoms with van der Waals surface area (Å²) in [7, 11) is 0. The molecule has 2 fully saturated rings. The molecule has 8 nitrogen and oxygen atoms in total. The zero-order valence-corrected chi connectivity index (χ0v) is 15.7. The van der Waals surface area contributed by atoms with E-state index in [0.29, 0.717) is 32.7 Å². The molecular weight excluding hydrogens is 348 g/mol. The van der Waals surface area contributed by atoms with Gasteiger partial charge in [0.15, 0.2) is 5.76 Å². The van der Waals surface area contributed by atoms with Crippen molar-refractivity contribution in [3.63, 3.8) is 0 Å². The molecule has 3 amide bonds. The highest BCUT2D eigenvalue weighted by Gasteiger charge is 2.24. The Kier molecular flexibility index (Phi) is 6.86. The minimum atomic E-state index is -0.311. The second kappa shape index (κ2) is 9.55. The van der Waals surface area contributed by atoms with Gasteiger partial charge in [-0.15, -0.1) is 0 Å². The summed E-state index contributed by atoms with van der Waals surface area (Å²) in [5.41, 5.74) is 0. The van der Waals surface area contributed by atoms with Gasteiger partial charge in [-0.05, 0) is 31.4 Å². The molecule has 0 aliphatic carbocycles. The first kappa shape index (κ1) is 19.4. The molecule has 148 valence electrons. The fourth-order valence-electron chi connectivity index (χ4n) is 3.53. The van der Waals surface area contributed by atoms with E-state index in [1.165, 1.54) is 12.7 Å². The third kappa shape index (κ3) is 5.56. The van der Waals surface area contributed by atoms with Crippen LogP contribution in [0.1, 0.15) is 36.2 Å². The van der Waals surface area contributed by atoms with Crippen LogP contribution in [-0.4, -0.2) is 84.8 Å². The van der Waals surface area contributed by atoms with Crippen LogP contribution in [0.25, 0.3) is 0 Å². The van der Waals surface area contributed by atoms with Gasteiger partial charge in [0.05, 0.1) is 12.8 Å². The van der Waals surface area contributed by atoms with Gasteiger partial charge >= 0.3 is 0 Å². The minimum absolute atomic E-state index is 0.0248. The lowest BCUT2D eigenvalue weighted by atomic mass is 10.1. The van der Waals surface area contributed by atoms with E-state index in [2.05, 4.69) is 10.2 Å². The van der Waals surface area contributed by atoms with Gasteiger partial charge in [-0.1, -0.05) is 0 Å². The highest BCUT2D eigenvalue weighted by Crippen LogP contribution is 2.10. The highest BCUT2D eigenvalue weighted by molar-refractivity contribution is 5.91. The maximum Gasteiger partial charge on any atom is 0.286 e. The van der Waals surface area contributed by atoms with Gasteiger partial charge in [0, 0.05) is 52.2 Å². The molecule has 27 heavy (non-hydrogen) atoms. The average molecular weight is 376 g/mol. The lowest BCUT2D eigenvalue weighted by Crippen LogP contribution is -2.52. The standard InChI is InChI=1S/C19H28N4O4/c24-17(6-7-20-19(26)16-5-4-14-27-16)23-12-10-21(11-13-23)15-18(25)22-8-2-1-3-9-22/h4-5,14H,1-3,6-13,15H2,(H,20,26). The average Bonchev–Trinajstić information content (AvgIpc) is 3.24. The lowest BCUT2D eigenvalue weighted by molar-refractivity contribution is -0.135. The van der Waals surface area contributed by atoms with E-state index in [9.17, 15) is 14.4 Å². The number of piperidine rings is 1. The zero-order chi connectivity index (χ0) is 19.1. The van der Waals surface area contributed by atoms with Crippen LogP contribution in [0.4, 0.5) is 0 Å². The summed E-state index contributed by atoms with van der Waals surface area (Å²) in [6.07, 6.45) is 5.12. The van der Waals surface area contributed by atoms with Crippen molar-refractivity contribution in [1.82, 2.24) is 20.0 Å². The molecule has 2 aliphatic heterocycles. The quantitative estimate of drug-likeness (QED) is 0.784. The predicted octanol–water partition coefficient (Wildman–Crippen LogP) is 0.556. The van der Waals surface area contributed by atoms with Gasteiger partial charge in [-0.3, -0.25) is 19.3 Å². The van der Waals surface area contributed by atoms with Crippen LogP contribution in [0, 0.1) is 0 Å². The molecule has 1 N–H and O–H groups in total. The Balaban J connectivity index is 1.32. The van der Waals surface area contributed by atoms with Crippen LogP contribution in [0.5, 0.6) is 0 Å². The molecule has 0 bridgehead atoms. The molecule has 2 saturated heterocycles. The fraction of sp³-hybridized carbons (Fsp3) is 0.632. The van der Waals surface area contributed by atoms with Gasteiger partial charge in [-0.25, -0.2) is 0 Å². The highest BCUT2D eigenvalue weighted by atomic mass is 16.3. The molecule has 0 spiro atoms. The topological polar surface area (TPSA) is 86.1 Å². The molecule has 0 unspecified atom stereocenters. The van der Waals surface area contributed by atoms with E-state index in [1.807, 2.05) is 4.90 Å². The first-order valence-electron chi connectivity index (χ1n) is 9.73. The molecule has 1 aromatic heterocycles. The number of nitrogens with zero attached hydrogens (tertiary/aromatic N) is 3. The Labute approximate surface area is 159 Å². The van der Waals surface area contributed by atoms with Crippen LogP contribution < -0.4 is 5.32 Å². The number of hydrogen-bond donors (Lipinski definition) is 1. The summed E-state index contributed by atoms with van der Waals surface area (Å²) in [6, 6.07) is 3.23. The summed E-state index contributed by atoms with van der Waals surface area (Å²) in [5.74, 6) is 0.162. The molecule has 1 aromatic rings. The van der Waals surface area contributed by atoms with Crippen molar-refractivity contribution < 1.29 is 18.8 Å². The minimum Gasteiger partial charge on any atom is -0.459 e. The van der Waals surface area contributed by atoms with E-state index in [4.69, 9.17) is 4.42 Å². The van der Waals surface area contributed by atoms with Gasteiger partial charge in [-0.2, -0.15) is 0 Å². The number of likely N-dealkylation sites (tertiary alicyclic amines) is 1. The van der Waals surface area contributed by atoms with Crippen LogP contribution in [-0.2, 0) is 9.59 Å². The number of rotatable bonds is 6. The van der Waals surface area contributed by atoms with Crippen molar-refractivity contribution >= 4 is 17.7 Å². The largest absolute Gasteiger partial charge is 0.459 e. The van der Waals surface area contributed by atoms with Crippen molar-refractivity contribution in [2.24, 2.45) is 0 Å².